The number of amides is 1. The zero-order valence-electron chi connectivity index (χ0n) is 17.0. The fourth-order valence-corrected chi connectivity index (χ4v) is 3.58. The van der Waals surface area contributed by atoms with Crippen LogP contribution in [0.5, 0.6) is 0 Å². The number of hydrogen-bond donors (Lipinski definition) is 2. The molecule has 28 heavy (non-hydrogen) atoms. The lowest BCUT2D eigenvalue weighted by atomic mass is 9.87. The average Bonchev–Trinajstić information content (AvgIpc) is 3.04. The number of carbonyl (C=O) groups excluding carboxylic acids is 1. The van der Waals surface area contributed by atoms with Gasteiger partial charge in [0.1, 0.15) is 5.82 Å². The summed E-state index contributed by atoms with van der Waals surface area (Å²) in [5, 5.41) is 13.4. The number of fused-ring (bicyclic) bond motifs is 1. The Morgan fingerprint density at radius 1 is 1.29 bits per heavy atom. The molecule has 2 N–H and O–H groups in total. The second kappa shape index (κ2) is 8.23. The van der Waals surface area contributed by atoms with Crippen molar-refractivity contribution in [3.05, 3.63) is 40.7 Å². The van der Waals surface area contributed by atoms with E-state index in [9.17, 15) is 9.90 Å². The van der Waals surface area contributed by atoms with Crippen LogP contribution in [0.4, 0.5) is 0 Å². The molecular weight excluding hydrogens is 376 g/mol. The van der Waals surface area contributed by atoms with Gasteiger partial charge in [-0.15, -0.1) is 0 Å². The summed E-state index contributed by atoms with van der Waals surface area (Å²) in [5.41, 5.74) is 2.04. The number of carbonyl (C=O) groups is 1. The molecule has 1 aliphatic rings. The van der Waals surface area contributed by atoms with Gasteiger partial charge in [0.05, 0.1) is 18.3 Å². The number of nitrogens with one attached hydrogen (secondary N) is 1. The molecule has 0 bridgehead atoms. The first-order valence-electron chi connectivity index (χ1n) is 9.74. The van der Waals surface area contributed by atoms with E-state index in [4.69, 9.17) is 16.6 Å². The summed E-state index contributed by atoms with van der Waals surface area (Å²) in [4.78, 5) is 20.1. The van der Waals surface area contributed by atoms with Crippen LogP contribution in [0.15, 0.2) is 24.3 Å². The predicted molar refractivity (Wildman–Crippen MR) is 111 cm³/mol. The van der Waals surface area contributed by atoms with Crippen molar-refractivity contribution < 1.29 is 9.90 Å². The monoisotopic (exact) mass is 404 g/mol. The quantitative estimate of drug-likeness (QED) is 0.802. The highest BCUT2D eigenvalue weighted by Crippen LogP contribution is 2.28. The van der Waals surface area contributed by atoms with Crippen molar-refractivity contribution in [3.8, 4) is 11.4 Å². The van der Waals surface area contributed by atoms with Gasteiger partial charge in [0.25, 0.3) is 5.91 Å². The minimum atomic E-state index is -0.345. The fraction of sp³-hybridized carbons (Fsp3) is 0.524. The lowest BCUT2D eigenvalue weighted by molar-refractivity contribution is 0.0840. The van der Waals surface area contributed by atoms with Crippen LogP contribution in [0.1, 0.15) is 43.9 Å². The van der Waals surface area contributed by atoms with Crippen LogP contribution in [0.25, 0.3) is 11.4 Å². The topological polar surface area (TPSA) is 70.4 Å². The summed E-state index contributed by atoms with van der Waals surface area (Å²) in [6.07, 6.45) is 0. The first-order chi connectivity index (χ1) is 13.2. The van der Waals surface area contributed by atoms with E-state index in [0.29, 0.717) is 17.3 Å². The van der Waals surface area contributed by atoms with E-state index in [1.807, 2.05) is 45.0 Å². The molecule has 1 aliphatic heterocycles. The lowest BCUT2D eigenvalue weighted by Crippen LogP contribution is -2.46. The molecule has 7 heteroatoms. The van der Waals surface area contributed by atoms with E-state index in [0.717, 1.165) is 36.7 Å². The van der Waals surface area contributed by atoms with Gasteiger partial charge in [-0.25, -0.2) is 4.98 Å². The van der Waals surface area contributed by atoms with Crippen molar-refractivity contribution in [1.29, 1.82) is 0 Å². The SMILES string of the molecule is CCN1CCn2c(-c3ccc(Cl)cc3)nc(C(=O)N[C@H](CO)C(C)(C)C)c2C1. The maximum atomic E-state index is 13.1. The van der Waals surface area contributed by atoms with Crippen molar-refractivity contribution in [2.24, 2.45) is 5.41 Å². The van der Waals surface area contributed by atoms with Crippen molar-refractivity contribution in [1.82, 2.24) is 19.8 Å². The number of likely N-dealkylation sites (N-methyl/N-ethyl adjacent to an activating group) is 1. The molecule has 1 atom stereocenters. The molecule has 152 valence electrons. The summed E-state index contributed by atoms with van der Waals surface area (Å²) >= 11 is 6.03. The molecule has 0 radical (unpaired) electrons. The van der Waals surface area contributed by atoms with Crippen LogP contribution in [0, 0.1) is 5.41 Å². The number of aliphatic hydroxyl groups is 1. The molecule has 0 saturated carbocycles. The highest BCUT2D eigenvalue weighted by Gasteiger charge is 2.31. The van der Waals surface area contributed by atoms with E-state index >= 15 is 0 Å². The normalized spacial score (nSPS) is 15.9. The van der Waals surface area contributed by atoms with Gasteiger partial charge in [-0.05, 0) is 36.2 Å². The fourth-order valence-electron chi connectivity index (χ4n) is 3.45. The predicted octanol–water partition coefficient (Wildman–Crippen LogP) is 3.18. The Labute approximate surface area is 171 Å². The van der Waals surface area contributed by atoms with E-state index in [2.05, 4.69) is 21.7 Å². The Morgan fingerprint density at radius 2 is 1.96 bits per heavy atom. The van der Waals surface area contributed by atoms with Crippen LogP contribution in [-0.2, 0) is 13.1 Å². The summed E-state index contributed by atoms with van der Waals surface area (Å²) in [6, 6.07) is 7.18. The van der Waals surface area contributed by atoms with Crippen molar-refractivity contribution in [2.75, 3.05) is 19.7 Å². The molecular formula is C21H29ClN4O2. The Bertz CT molecular complexity index is 839. The van der Waals surface area contributed by atoms with E-state index in [1.165, 1.54) is 0 Å². The molecule has 2 heterocycles. The first kappa shape index (κ1) is 20.8. The van der Waals surface area contributed by atoms with Gasteiger partial charge in [0.2, 0.25) is 0 Å². The van der Waals surface area contributed by atoms with Gasteiger partial charge in [0.15, 0.2) is 5.69 Å². The molecule has 0 unspecified atom stereocenters. The number of benzene rings is 1. The molecule has 0 aliphatic carbocycles. The Hall–Kier alpha value is -1.89. The number of imidazole rings is 1. The highest BCUT2D eigenvalue weighted by atomic mass is 35.5. The minimum Gasteiger partial charge on any atom is -0.394 e. The summed E-state index contributed by atoms with van der Waals surface area (Å²) in [6.45, 7) is 11.3. The van der Waals surface area contributed by atoms with Crippen molar-refractivity contribution >= 4 is 17.5 Å². The van der Waals surface area contributed by atoms with Crippen LogP contribution in [0.2, 0.25) is 5.02 Å². The van der Waals surface area contributed by atoms with Gasteiger partial charge in [0, 0.05) is 30.2 Å². The molecule has 0 spiro atoms. The Balaban J connectivity index is 2.00. The average molecular weight is 405 g/mol. The number of aromatic nitrogens is 2. The zero-order valence-corrected chi connectivity index (χ0v) is 17.8. The molecule has 2 aromatic rings. The Morgan fingerprint density at radius 3 is 2.54 bits per heavy atom. The molecule has 1 aromatic carbocycles. The van der Waals surface area contributed by atoms with Crippen LogP contribution in [-0.4, -0.2) is 51.2 Å². The summed E-state index contributed by atoms with van der Waals surface area (Å²) in [7, 11) is 0. The zero-order chi connectivity index (χ0) is 20.5. The molecule has 0 saturated heterocycles. The molecule has 6 nitrogen and oxygen atoms in total. The van der Waals surface area contributed by atoms with Crippen LogP contribution < -0.4 is 5.32 Å². The first-order valence-corrected chi connectivity index (χ1v) is 10.1. The van der Waals surface area contributed by atoms with E-state index in [-0.39, 0.29) is 24.0 Å². The smallest absolute Gasteiger partial charge is 0.272 e. The molecule has 0 fully saturated rings. The Kier molecular flexibility index (Phi) is 6.12. The number of halogens is 1. The highest BCUT2D eigenvalue weighted by molar-refractivity contribution is 6.30. The summed E-state index contributed by atoms with van der Waals surface area (Å²) < 4.78 is 2.13. The summed E-state index contributed by atoms with van der Waals surface area (Å²) in [5.74, 6) is 0.541. The van der Waals surface area contributed by atoms with Gasteiger partial charge >= 0.3 is 0 Å². The van der Waals surface area contributed by atoms with E-state index < -0.39 is 0 Å². The molecule has 3 rings (SSSR count). The maximum absolute atomic E-state index is 13.1. The largest absolute Gasteiger partial charge is 0.394 e. The third-order valence-electron chi connectivity index (χ3n) is 5.38. The number of rotatable bonds is 5. The van der Waals surface area contributed by atoms with E-state index in [1.54, 1.807) is 0 Å². The van der Waals surface area contributed by atoms with Crippen LogP contribution >= 0.6 is 11.6 Å². The third-order valence-corrected chi connectivity index (χ3v) is 5.64. The molecule has 1 aromatic heterocycles. The van der Waals surface area contributed by atoms with Gasteiger partial charge in [-0.2, -0.15) is 0 Å². The maximum Gasteiger partial charge on any atom is 0.272 e. The number of nitrogens with zero attached hydrogens (tertiary/aromatic N) is 3. The standard InChI is InChI=1S/C21H29ClN4O2/c1-5-25-10-11-26-16(12-25)18(20(28)23-17(13-27)21(2,3)4)24-19(26)14-6-8-15(22)9-7-14/h6-9,17,27H,5,10-13H2,1-4H3,(H,23,28)/t17-/m1/s1. The lowest BCUT2D eigenvalue weighted by Gasteiger charge is -2.30. The second-order valence-corrected chi connectivity index (χ2v) is 8.77. The van der Waals surface area contributed by atoms with Crippen molar-refractivity contribution in [3.63, 3.8) is 0 Å². The van der Waals surface area contributed by atoms with Gasteiger partial charge in [-0.1, -0.05) is 39.3 Å². The number of hydrogen-bond acceptors (Lipinski definition) is 4. The van der Waals surface area contributed by atoms with Gasteiger partial charge in [-0.3, -0.25) is 9.69 Å². The number of aliphatic hydroxyl groups excluding tert-OH is 1. The third kappa shape index (κ3) is 4.24. The molecule has 1 amide bonds. The second-order valence-electron chi connectivity index (χ2n) is 8.33. The van der Waals surface area contributed by atoms with Crippen LogP contribution in [0.3, 0.4) is 0 Å². The van der Waals surface area contributed by atoms with Crippen molar-refractivity contribution in [2.45, 2.75) is 46.8 Å². The van der Waals surface area contributed by atoms with Gasteiger partial charge < -0.3 is 15.0 Å². The minimum absolute atomic E-state index is 0.115.